The van der Waals surface area contributed by atoms with Crippen molar-refractivity contribution >= 4 is 11.8 Å². The van der Waals surface area contributed by atoms with Crippen LogP contribution in [-0.2, 0) is 6.61 Å². The molecule has 0 bridgehead atoms. The predicted octanol–water partition coefficient (Wildman–Crippen LogP) is 4.98. The van der Waals surface area contributed by atoms with Gasteiger partial charge in [0, 0.05) is 5.56 Å². The van der Waals surface area contributed by atoms with Crippen molar-refractivity contribution in [3.8, 4) is 5.75 Å². The average molecular weight is 417 g/mol. The number of hydrogen-bond donors (Lipinski definition) is 2. The van der Waals surface area contributed by atoms with E-state index in [1.54, 1.807) is 36.4 Å². The van der Waals surface area contributed by atoms with Gasteiger partial charge in [0.25, 0.3) is 11.8 Å². The first-order chi connectivity index (χ1) is 14.8. The van der Waals surface area contributed by atoms with Gasteiger partial charge in [0.15, 0.2) is 0 Å². The van der Waals surface area contributed by atoms with Crippen LogP contribution in [-0.4, -0.2) is 11.8 Å². The van der Waals surface area contributed by atoms with Crippen molar-refractivity contribution in [2.45, 2.75) is 39.3 Å². The summed E-state index contributed by atoms with van der Waals surface area (Å²) in [4.78, 5) is 24.3. The number of carbonyl (C=O) groups excluding carboxylic acids is 2. The van der Waals surface area contributed by atoms with Crippen molar-refractivity contribution in [2.24, 2.45) is 5.73 Å². The molecule has 0 aliphatic carbocycles. The molecule has 0 fully saturated rings. The van der Waals surface area contributed by atoms with E-state index in [2.05, 4.69) is 43.4 Å². The SMILES string of the molecule is CC(C)c1ccc(C(C)NC(=O)c2cccc(COc3ccccc3C(N)=O)c2)cc1. The lowest BCUT2D eigenvalue weighted by Crippen LogP contribution is -2.26. The normalized spacial score (nSPS) is 11.7. The number of para-hydroxylation sites is 1. The minimum absolute atomic E-state index is 0.115. The molecule has 5 nitrogen and oxygen atoms in total. The number of nitrogens with one attached hydrogen (secondary N) is 1. The molecule has 0 spiro atoms. The highest BCUT2D eigenvalue weighted by molar-refractivity contribution is 5.95. The van der Waals surface area contributed by atoms with Gasteiger partial charge in [0.05, 0.1) is 11.6 Å². The zero-order chi connectivity index (χ0) is 22.4. The van der Waals surface area contributed by atoms with E-state index in [9.17, 15) is 9.59 Å². The molecule has 3 aromatic carbocycles. The zero-order valence-electron chi connectivity index (χ0n) is 18.1. The number of amides is 2. The molecule has 160 valence electrons. The Morgan fingerprint density at radius 1 is 0.903 bits per heavy atom. The Morgan fingerprint density at radius 2 is 1.58 bits per heavy atom. The second-order valence-electron chi connectivity index (χ2n) is 7.87. The van der Waals surface area contributed by atoms with E-state index in [1.807, 2.05) is 19.1 Å². The first-order valence-electron chi connectivity index (χ1n) is 10.4. The lowest BCUT2D eigenvalue weighted by molar-refractivity contribution is 0.0938. The summed E-state index contributed by atoms with van der Waals surface area (Å²) in [6.07, 6.45) is 0. The molecular weight excluding hydrogens is 388 g/mol. The quantitative estimate of drug-likeness (QED) is 0.543. The summed E-state index contributed by atoms with van der Waals surface area (Å²) in [7, 11) is 0. The third kappa shape index (κ3) is 5.72. The maximum atomic E-state index is 12.8. The van der Waals surface area contributed by atoms with Crippen LogP contribution in [0.4, 0.5) is 0 Å². The molecule has 0 heterocycles. The molecule has 0 saturated carbocycles. The van der Waals surface area contributed by atoms with Crippen molar-refractivity contribution < 1.29 is 14.3 Å². The highest BCUT2D eigenvalue weighted by atomic mass is 16.5. The predicted molar refractivity (Wildman–Crippen MR) is 122 cm³/mol. The van der Waals surface area contributed by atoms with E-state index in [0.29, 0.717) is 22.8 Å². The Morgan fingerprint density at radius 3 is 2.26 bits per heavy atom. The Labute approximate surface area is 183 Å². The third-order valence-corrected chi connectivity index (χ3v) is 5.19. The van der Waals surface area contributed by atoms with E-state index in [-0.39, 0.29) is 18.6 Å². The summed E-state index contributed by atoms with van der Waals surface area (Å²) in [5, 5.41) is 3.05. The average Bonchev–Trinajstić information content (AvgIpc) is 2.78. The van der Waals surface area contributed by atoms with Crippen LogP contribution in [0.15, 0.2) is 72.8 Å². The van der Waals surface area contributed by atoms with Crippen molar-refractivity contribution in [2.75, 3.05) is 0 Å². The number of primary amides is 1. The van der Waals surface area contributed by atoms with Gasteiger partial charge in [-0.05, 0) is 53.8 Å². The molecule has 2 amide bonds. The molecule has 3 N–H and O–H groups in total. The van der Waals surface area contributed by atoms with Crippen LogP contribution < -0.4 is 15.8 Å². The number of ether oxygens (including phenoxy) is 1. The molecular formula is C26H28N2O3. The summed E-state index contributed by atoms with van der Waals surface area (Å²) in [6.45, 7) is 6.50. The fourth-order valence-corrected chi connectivity index (χ4v) is 3.29. The van der Waals surface area contributed by atoms with Crippen LogP contribution in [0.2, 0.25) is 0 Å². The van der Waals surface area contributed by atoms with Gasteiger partial charge in [0.1, 0.15) is 12.4 Å². The monoisotopic (exact) mass is 416 g/mol. The molecule has 5 heteroatoms. The van der Waals surface area contributed by atoms with E-state index in [0.717, 1.165) is 11.1 Å². The minimum atomic E-state index is -0.542. The van der Waals surface area contributed by atoms with Crippen LogP contribution in [0.1, 0.15) is 70.1 Å². The number of rotatable bonds is 8. The summed E-state index contributed by atoms with van der Waals surface area (Å²) in [5.74, 6) is 0.195. The van der Waals surface area contributed by atoms with Gasteiger partial charge in [0.2, 0.25) is 0 Å². The molecule has 1 unspecified atom stereocenters. The first kappa shape index (κ1) is 22.1. The van der Waals surface area contributed by atoms with Crippen molar-refractivity contribution in [1.82, 2.24) is 5.32 Å². The van der Waals surface area contributed by atoms with Crippen LogP contribution in [0.5, 0.6) is 5.75 Å². The van der Waals surface area contributed by atoms with E-state index in [1.165, 1.54) is 5.56 Å². The van der Waals surface area contributed by atoms with Gasteiger partial charge < -0.3 is 15.8 Å². The Hall–Kier alpha value is -3.60. The van der Waals surface area contributed by atoms with E-state index in [4.69, 9.17) is 10.5 Å². The molecule has 3 aromatic rings. The molecule has 0 radical (unpaired) electrons. The molecule has 0 saturated heterocycles. The number of nitrogens with two attached hydrogens (primary N) is 1. The Bertz CT molecular complexity index is 1060. The highest BCUT2D eigenvalue weighted by Gasteiger charge is 2.13. The summed E-state index contributed by atoms with van der Waals surface area (Å²) >= 11 is 0. The largest absolute Gasteiger partial charge is 0.488 e. The molecule has 3 rings (SSSR count). The highest BCUT2D eigenvalue weighted by Crippen LogP contribution is 2.21. The van der Waals surface area contributed by atoms with Crippen molar-refractivity contribution in [3.63, 3.8) is 0 Å². The van der Waals surface area contributed by atoms with Crippen LogP contribution in [0, 0.1) is 0 Å². The Kier molecular flexibility index (Phi) is 7.08. The van der Waals surface area contributed by atoms with Gasteiger partial charge >= 0.3 is 0 Å². The Balaban J connectivity index is 1.65. The van der Waals surface area contributed by atoms with Gasteiger partial charge in [-0.3, -0.25) is 9.59 Å². The lowest BCUT2D eigenvalue weighted by atomic mass is 9.99. The van der Waals surface area contributed by atoms with Crippen molar-refractivity contribution in [3.05, 3.63) is 101 Å². The summed E-state index contributed by atoms with van der Waals surface area (Å²) in [5.41, 5.74) is 9.42. The van der Waals surface area contributed by atoms with E-state index < -0.39 is 5.91 Å². The van der Waals surface area contributed by atoms with Crippen molar-refractivity contribution in [1.29, 1.82) is 0 Å². The summed E-state index contributed by atoms with van der Waals surface area (Å²) < 4.78 is 5.77. The number of hydrogen-bond acceptors (Lipinski definition) is 3. The van der Waals surface area contributed by atoms with Gasteiger partial charge in [-0.2, -0.15) is 0 Å². The topological polar surface area (TPSA) is 81.4 Å². The smallest absolute Gasteiger partial charge is 0.252 e. The zero-order valence-corrected chi connectivity index (χ0v) is 18.1. The minimum Gasteiger partial charge on any atom is -0.488 e. The van der Waals surface area contributed by atoms with E-state index >= 15 is 0 Å². The first-order valence-corrected chi connectivity index (χ1v) is 10.4. The third-order valence-electron chi connectivity index (χ3n) is 5.19. The summed E-state index contributed by atoms with van der Waals surface area (Å²) in [6, 6.07) is 22.3. The maximum absolute atomic E-state index is 12.8. The van der Waals surface area contributed by atoms with Gasteiger partial charge in [-0.15, -0.1) is 0 Å². The van der Waals surface area contributed by atoms with Gasteiger partial charge in [-0.25, -0.2) is 0 Å². The number of benzene rings is 3. The van der Waals surface area contributed by atoms with Crippen LogP contribution >= 0.6 is 0 Å². The fourth-order valence-electron chi connectivity index (χ4n) is 3.29. The standard InChI is InChI=1S/C26H28N2O3/c1-17(2)20-11-13-21(14-12-20)18(3)28-26(30)22-8-6-7-19(15-22)16-31-24-10-5-4-9-23(24)25(27)29/h4-15,17-18H,16H2,1-3H3,(H2,27,29)(H,28,30). The molecule has 0 aromatic heterocycles. The molecule has 31 heavy (non-hydrogen) atoms. The van der Waals surface area contributed by atoms with Crippen LogP contribution in [0.25, 0.3) is 0 Å². The van der Waals surface area contributed by atoms with Crippen LogP contribution in [0.3, 0.4) is 0 Å². The number of carbonyl (C=O) groups is 2. The molecule has 0 aliphatic rings. The molecule has 1 atom stereocenters. The lowest BCUT2D eigenvalue weighted by Gasteiger charge is -2.16. The second-order valence-corrected chi connectivity index (χ2v) is 7.87. The molecule has 0 aliphatic heterocycles. The fraction of sp³-hybridized carbons (Fsp3) is 0.231. The van der Waals surface area contributed by atoms with Gasteiger partial charge in [-0.1, -0.05) is 62.4 Å². The second kappa shape index (κ2) is 9.94. The maximum Gasteiger partial charge on any atom is 0.252 e.